The van der Waals surface area contributed by atoms with Crippen LogP contribution in [0.15, 0.2) is 0 Å². The summed E-state index contributed by atoms with van der Waals surface area (Å²) in [6.45, 7) is 8.24. The van der Waals surface area contributed by atoms with E-state index in [-0.39, 0.29) is 0 Å². The van der Waals surface area contributed by atoms with Gasteiger partial charge in [-0.1, -0.05) is 52.9 Å². The molecule has 1 rings (SSSR count). The van der Waals surface area contributed by atoms with Crippen molar-refractivity contribution in [2.24, 2.45) is 11.8 Å². The fourth-order valence-electron chi connectivity index (χ4n) is 3.04. The van der Waals surface area contributed by atoms with Gasteiger partial charge >= 0.3 is 0 Å². The van der Waals surface area contributed by atoms with Gasteiger partial charge in [-0.15, -0.1) is 0 Å². The lowest BCUT2D eigenvalue weighted by atomic mass is 9.97. The summed E-state index contributed by atoms with van der Waals surface area (Å²) in [4.78, 5) is 0. The van der Waals surface area contributed by atoms with Crippen molar-refractivity contribution < 1.29 is 0 Å². The summed E-state index contributed by atoms with van der Waals surface area (Å²) in [6.07, 6.45) is 12.8. The normalized spacial score (nSPS) is 20.6. The molecule has 0 aromatic rings. The number of nitrogens with one attached hydrogen (secondary N) is 1. The van der Waals surface area contributed by atoms with E-state index in [1.807, 2.05) is 0 Å². The first kappa shape index (κ1) is 15.0. The Kier molecular flexibility index (Phi) is 7.92. The molecule has 0 amide bonds. The molecule has 0 bridgehead atoms. The molecule has 0 spiro atoms. The molecule has 0 heterocycles. The maximum Gasteiger partial charge on any atom is 0.00669 e. The molecule has 1 N–H and O–H groups in total. The van der Waals surface area contributed by atoms with Crippen molar-refractivity contribution >= 4 is 0 Å². The van der Waals surface area contributed by atoms with E-state index in [1.54, 1.807) is 0 Å². The molecule has 2 unspecified atom stereocenters. The zero-order valence-electron chi connectivity index (χ0n) is 12.3. The van der Waals surface area contributed by atoms with E-state index in [4.69, 9.17) is 0 Å². The van der Waals surface area contributed by atoms with Gasteiger partial charge in [-0.05, 0) is 44.1 Å². The van der Waals surface area contributed by atoms with Gasteiger partial charge in [0.2, 0.25) is 0 Å². The van der Waals surface area contributed by atoms with E-state index in [0.717, 1.165) is 17.9 Å². The summed E-state index contributed by atoms with van der Waals surface area (Å²) >= 11 is 0. The van der Waals surface area contributed by atoms with Crippen LogP contribution in [0.3, 0.4) is 0 Å². The van der Waals surface area contributed by atoms with Crippen molar-refractivity contribution in [1.29, 1.82) is 0 Å². The number of hydrogen-bond acceptors (Lipinski definition) is 1. The van der Waals surface area contributed by atoms with E-state index in [0.29, 0.717) is 0 Å². The standard InChI is InChI=1S/C16H33N/c1-4-14(3)13-16(5-2)17-12-8-11-15-9-6-7-10-15/h14-17H,4-13H2,1-3H3. The summed E-state index contributed by atoms with van der Waals surface area (Å²) in [5, 5.41) is 3.76. The first-order valence-corrected chi connectivity index (χ1v) is 7.99. The minimum Gasteiger partial charge on any atom is -0.314 e. The minimum absolute atomic E-state index is 0.758. The van der Waals surface area contributed by atoms with Crippen LogP contribution in [0.2, 0.25) is 0 Å². The van der Waals surface area contributed by atoms with Crippen LogP contribution < -0.4 is 5.32 Å². The highest BCUT2D eigenvalue weighted by Crippen LogP contribution is 2.28. The molecule has 1 fully saturated rings. The van der Waals surface area contributed by atoms with Crippen LogP contribution >= 0.6 is 0 Å². The van der Waals surface area contributed by atoms with Crippen molar-refractivity contribution in [2.75, 3.05) is 6.54 Å². The topological polar surface area (TPSA) is 12.0 Å². The Balaban J connectivity index is 2.02. The highest BCUT2D eigenvalue weighted by atomic mass is 14.9. The molecule has 1 aliphatic carbocycles. The molecule has 2 atom stereocenters. The molecule has 1 heteroatoms. The van der Waals surface area contributed by atoms with Crippen molar-refractivity contribution in [3.05, 3.63) is 0 Å². The van der Waals surface area contributed by atoms with E-state index in [2.05, 4.69) is 26.1 Å². The van der Waals surface area contributed by atoms with Gasteiger partial charge in [0, 0.05) is 6.04 Å². The third-order valence-corrected chi connectivity index (χ3v) is 4.57. The molecule has 1 aliphatic rings. The summed E-state index contributed by atoms with van der Waals surface area (Å²) in [5.41, 5.74) is 0. The molecule has 0 saturated heterocycles. The van der Waals surface area contributed by atoms with Crippen LogP contribution in [0.1, 0.15) is 78.6 Å². The maximum atomic E-state index is 3.76. The van der Waals surface area contributed by atoms with Crippen LogP contribution in [0, 0.1) is 11.8 Å². The second kappa shape index (κ2) is 8.97. The number of hydrogen-bond donors (Lipinski definition) is 1. The molecule has 0 aromatic heterocycles. The van der Waals surface area contributed by atoms with E-state index < -0.39 is 0 Å². The van der Waals surface area contributed by atoms with Crippen LogP contribution in [0.5, 0.6) is 0 Å². The predicted octanol–water partition coefficient (Wildman–Crippen LogP) is 4.76. The molecule has 0 aromatic carbocycles. The van der Waals surface area contributed by atoms with Crippen LogP contribution in [-0.2, 0) is 0 Å². The molecule has 102 valence electrons. The van der Waals surface area contributed by atoms with Gasteiger partial charge in [-0.3, -0.25) is 0 Å². The Morgan fingerprint density at radius 2 is 1.82 bits per heavy atom. The summed E-state index contributed by atoms with van der Waals surface area (Å²) in [6, 6.07) is 0.758. The fourth-order valence-corrected chi connectivity index (χ4v) is 3.04. The number of rotatable bonds is 9. The van der Waals surface area contributed by atoms with Gasteiger partial charge < -0.3 is 5.32 Å². The SMILES string of the molecule is CCC(C)CC(CC)NCCCC1CCCC1. The molecule has 1 nitrogen and oxygen atoms in total. The third kappa shape index (κ3) is 6.45. The molecule has 1 saturated carbocycles. The van der Waals surface area contributed by atoms with Crippen molar-refractivity contribution in [3.63, 3.8) is 0 Å². The Morgan fingerprint density at radius 1 is 1.12 bits per heavy atom. The minimum atomic E-state index is 0.758. The van der Waals surface area contributed by atoms with Crippen LogP contribution in [-0.4, -0.2) is 12.6 Å². The lowest BCUT2D eigenvalue weighted by Gasteiger charge is -2.20. The average molecular weight is 239 g/mol. The Morgan fingerprint density at radius 3 is 2.41 bits per heavy atom. The van der Waals surface area contributed by atoms with E-state index in [9.17, 15) is 0 Å². The monoisotopic (exact) mass is 239 g/mol. The van der Waals surface area contributed by atoms with Gasteiger partial charge in [0.15, 0.2) is 0 Å². The van der Waals surface area contributed by atoms with E-state index in [1.165, 1.54) is 64.3 Å². The zero-order chi connectivity index (χ0) is 12.5. The van der Waals surface area contributed by atoms with Gasteiger partial charge in [-0.25, -0.2) is 0 Å². The Hall–Kier alpha value is -0.0400. The largest absolute Gasteiger partial charge is 0.314 e. The Labute approximate surface area is 109 Å². The Bertz CT molecular complexity index is 172. The van der Waals surface area contributed by atoms with Gasteiger partial charge in [0.05, 0.1) is 0 Å². The van der Waals surface area contributed by atoms with Gasteiger partial charge in [0.25, 0.3) is 0 Å². The zero-order valence-corrected chi connectivity index (χ0v) is 12.3. The molecular formula is C16H33N. The first-order valence-electron chi connectivity index (χ1n) is 7.99. The fraction of sp³-hybridized carbons (Fsp3) is 1.00. The van der Waals surface area contributed by atoms with Gasteiger partial charge in [-0.2, -0.15) is 0 Å². The van der Waals surface area contributed by atoms with Gasteiger partial charge in [0.1, 0.15) is 0 Å². The maximum absolute atomic E-state index is 3.76. The third-order valence-electron chi connectivity index (χ3n) is 4.57. The summed E-state index contributed by atoms with van der Waals surface area (Å²) < 4.78 is 0. The lowest BCUT2D eigenvalue weighted by Crippen LogP contribution is -2.31. The highest BCUT2D eigenvalue weighted by molar-refractivity contribution is 4.70. The quantitative estimate of drug-likeness (QED) is 0.572. The molecule has 0 aliphatic heterocycles. The van der Waals surface area contributed by atoms with Crippen molar-refractivity contribution in [2.45, 2.75) is 84.6 Å². The summed E-state index contributed by atoms with van der Waals surface area (Å²) in [7, 11) is 0. The molecular weight excluding hydrogens is 206 g/mol. The molecule has 17 heavy (non-hydrogen) atoms. The van der Waals surface area contributed by atoms with Crippen molar-refractivity contribution in [1.82, 2.24) is 5.32 Å². The lowest BCUT2D eigenvalue weighted by molar-refractivity contribution is 0.373. The van der Waals surface area contributed by atoms with Crippen LogP contribution in [0.25, 0.3) is 0 Å². The summed E-state index contributed by atoms with van der Waals surface area (Å²) in [5.74, 6) is 1.94. The average Bonchev–Trinajstić information content (AvgIpc) is 2.85. The first-order chi connectivity index (χ1) is 8.26. The van der Waals surface area contributed by atoms with E-state index >= 15 is 0 Å². The van der Waals surface area contributed by atoms with Crippen molar-refractivity contribution in [3.8, 4) is 0 Å². The highest BCUT2D eigenvalue weighted by Gasteiger charge is 2.14. The molecule has 0 radical (unpaired) electrons. The predicted molar refractivity (Wildman–Crippen MR) is 77.3 cm³/mol. The second-order valence-electron chi connectivity index (χ2n) is 6.10. The van der Waals surface area contributed by atoms with Crippen LogP contribution in [0.4, 0.5) is 0 Å². The second-order valence-corrected chi connectivity index (χ2v) is 6.10. The smallest absolute Gasteiger partial charge is 0.00669 e.